The monoisotopic (exact) mass is 291 g/mol. The van der Waals surface area contributed by atoms with E-state index in [0.717, 1.165) is 51.4 Å². The molecule has 1 aliphatic heterocycles. The molecular weight excluding hydrogens is 262 g/mol. The first-order valence-corrected chi connectivity index (χ1v) is 8.27. The van der Waals surface area contributed by atoms with Crippen molar-refractivity contribution >= 4 is 0 Å². The van der Waals surface area contributed by atoms with Gasteiger partial charge in [0.1, 0.15) is 5.75 Å². The molecule has 2 rings (SSSR count). The number of rotatable bonds is 9. The van der Waals surface area contributed by atoms with Gasteiger partial charge in [-0.15, -0.1) is 0 Å². The van der Waals surface area contributed by atoms with Crippen molar-refractivity contribution in [3.63, 3.8) is 0 Å². The van der Waals surface area contributed by atoms with Crippen LogP contribution in [0.5, 0.6) is 5.75 Å². The molecule has 0 aliphatic carbocycles. The summed E-state index contributed by atoms with van der Waals surface area (Å²) in [6, 6.07) is 7.05. The highest BCUT2D eigenvalue weighted by Crippen LogP contribution is 2.29. The molecule has 0 spiro atoms. The van der Waals surface area contributed by atoms with E-state index in [2.05, 4.69) is 44.3 Å². The Hall–Kier alpha value is -1.06. The van der Waals surface area contributed by atoms with Gasteiger partial charge < -0.3 is 14.8 Å². The topological polar surface area (TPSA) is 30.5 Å². The van der Waals surface area contributed by atoms with Crippen LogP contribution < -0.4 is 10.1 Å². The maximum Gasteiger partial charge on any atom is 0.122 e. The maximum absolute atomic E-state index is 5.62. The average Bonchev–Trinajstić information content (AvgIpc) is 2.93. The van der Waals surface area contributed by atoms with E-state index in [4.69, 9.17) is 9.47 Å². The van der Waals surface area contributed by atoms with Gasteiger partial charge >= 0.3 is 0 Å². The van der Waals surface area contributed by atoms with Crippen molar-refractivity contribution in [3.05, 3.63) is 29.3 Å². The largest absolute Gasteiger partial charge is 0.493 e. The summed E-state index contributed by atoms with van der Waals surface area (Å²) in [5.74, 6) is 1.69. The molecule has 1 aliphatic rings. The Kier molecular flexibility index (Phi) is 6.52. The highest BCUT2D eigenvalue weighted by molar-refractivity contribution is 5.40. The molecule has 118 valence electrons. The zero-order chi connectivity index (χ0) is 15.1. The lowest BCUT2D eigenvalue weighted by atomic mass is 10.0. The minimum Gasteiger partial charge on any atom is -0.493 e. The third-order valence-electron chi connectivity index (χ3n) is 3.83. The summed E-state index contributed by atoms with van der Waals surface area (Å²) in [6.07, 6.45) is 3.21. The molecule has 3 heteroatoms. The summed E-state index contributed by atoms with van der Waals surface area (Å²) < 4.78 is 11.2. The second kappa shape index (κ2) is 8.40. The molecule has 1 unspecified atom stereocenters. The molecule has 1 aromatic carbocycles. The van der Waals surface area contributed by atoms with Crippen LogP contribution in [0.3, 0.4) is 0 Å². The Morgan fingerprint density at radius 3 is 2.95 bits per heavy atom. The Bertz CT molecular complexity index is 431. The van der Waals surface area contributed by atoms with Crippen LogP contribution in [-0.4, -0.2) is 26.4 Å². The van der Waals surface area contributed by atoms with Crippen LogP contribution in [0.25, 0.3) is 0 Å². The van der Waals surface area contributed by atoms with Crippen molar-refractivity contribution in [2.24, 2.45) is 5.92 Å². The Balaban J connectivity index is 1.75. The van der Waals surface area contributed by atoms with Gasteiger partial charge in [-0.2, -0.15) is 0 Å². The highest BCUT2D eigenvalue weighted by atomic mass is 16.5. The van der Waals surface area contributed by atoms with Crippen LogP contribution in [0.4, 0.5) is 0 Å². The Morgan fingerprint density at radius 1 is 1.33 bits per heavy atom. The number of hydrogen-bond donors (Lipinski definition) is 1. The fourth-order valence-corrected chi connectivity index (χ4v) is 2.69. The average molecular weight is 291 g/mol. The van der Waals surface area contributed by atoms with Gasteiger partial charge in [-0.05, 0) is 42.5 Å². The van der Waals surface area contributed by atoms with Crippen LogP contribution in [-0.2, 0) is 11.2 Å². The molecule has 1 heterocycles. The van der Waals surface area contributed by atoms with E-state index in [1.165, 1.54) is 11.1 Å². The molecule has 3 nitrogen and oxygen atoms in total. The second-order valence-corrected chi connectivity index (χ2v) is 6.20. The molecule has 0 saturated carbocycles. The smallest absolute Gasteiger partial charge is 0.122 e. The van der Waals surface area contributed by atoms with Crippen LogP contribution in [0.2, 0.25) is 0 Å². The fourth-order valence-electron chi connectivity index (χ4n) is 2.69. The molecule has 0 aromatic heterocycles. The van der Waals surface area contributed by atoms with Crippen molar-refractivity contribution in [3.8, 4) is 5.75 Å². The first-order valence-electron chi connectivity index (χ1n) is 8.27. The zero-order valence-electron chi connectivity index (χ0n) is 13.7. The molecule has 1 atom stereocenters. The van der Waals surface area contributed by atoms with Crippen LogP contribution >= 0.6 is 0 Å². The normalized spacial score (nSPS) is 15.0. The third-order valence-corrected chi connectivity index (χ3v) is 3.83. The van der Waals surface area contributed by atoms with Crippen LogP contribution in [0, 0.1) is 5.92 Å². The van der Waals surface area contributed by atoms with E-state index in [1.807, 2.05) is 0 Å². The van der Waals surface area contributed by atoms with E-state index in [1.54, 1.807) is 0 Å². The first kappa shape index (κ1) is 16.3. The van der Waals surface area contributed by atoms with Crippen LogP contribution in [0.1, 0.15) is 50.8 Å². The quantitative estimate of drug-likeness (QED) is 0.703. The van der Waals surface area contributed by atoms with Crippen molar-refractivity contribution in [1.82, 2.24) is 5.32 Å². The van der Waals surface area contributed by atoms with Gasteiger partial charge in [0.2, 0.25) is 0 Å². The third kappa shape index (κ3) is 5.01. The standard InChI is InChI=1S/C18H29NO2/c1-4-17(19-9-5-10-20-13-14(2)3)15-6-7-18-16(12-15)8-11-21-18/h6-7,12,14,17,19H,4-5,8-11,13H2,1-3H3. The van der Waals surface area contributed by atoms with Gasteiger partial charge in [0.15, 0.2) is 0 Å². The minimum absolute atomic E-state index is 0.431. The van der Waals surface area contributed by atoms with E-state index in [9.17, 15) is 0 Å². The van der Waals surface area contributed by atoms with Gasteiger partial charge in [0.05, 0.1) is 6.61 Å². The number of ether oxygens (including phenoxy) is 2. The van der Waals surface area contributed by atoms with Crippen molar-refractivity contribution in [1.29, 1.82) is 0 Å². The second-order valence-electron chi connectivity index (χ2n) is 6.20. The summed E-state index contributed by atoms with van der Waals surface area (Å²) in [5, 5.41) is 3.64. The predicted molar refractivity (Wildman–Crippen MR) is 86.9 cm³/mol. The zero-order valence-corrected chi connectivity index (χ0v) is 13.7. The molecule has 1 aromatic rings. The SMILES string of the molecule is CCC(NCCCOCC(C)C)c1ccc2c(c1)CCO2. The summed E-state index contributed by atoms with van der Waals surface area (Å²) >= 11 is 0. The summed E-state index contributed by atoms with van der Waals surface area (Å²) in [5.41, 5.74) is 2.73. The van der Waals surface area contributed by atoms with Gasteiger partial charge in [0, 0.05) is 25.7 Å². The molecule has 1 N–H and O–H groups in total. The van der Waals surface area contributed by atoms with Gasteiger partial charge in [-0.3, -0.25) is 0 Å². The number of benzene rings is 1. The van der Waals surface area contributed by atoms with E-state index in [-0.39, 0.29) is 0 Å². The Labute approximate surface area is 129 Å². The minimum atomic E-state index is 0.431. The summed E-state index contributed by atoms with van der Waals surface area (Å²) in [4.78, 5) is 0. The molecule has 0 amide bonds. The van der Waals surface area contributed by atoms with E-state index < -0.39 is 0 Å². The molecule has 0 saturated heterocycles. The molecule has 21 heavy (non-hydrogen) atoms. The fraction of sp³-hybridized carbons (Fsp3) is 0.667. The molecule has 0 radical (unpaired) electrons. The van der Waals surface area contributed by atoms with Gasteiger partial charge in [-0.1, -0.05) is 32.9 Å². The summed E-state index contributed by atoms with van der Waals surface area (Å²) in [7, 11) is 0. The number of fused-ring (bicyclic) bond motifs is 1. The van der Waals surface area contributed by atoms with Gasteiger partial charge in [-0.25, -0.2) is 0 Å². The van der Waals surface area contributed by atoms with E-state index in [0.29, 0.717) is 12.0 Å². The van der Waals surface area contributed by atoms with Crippen molar-refractivity contribution in [2.45, 2.75) is 46.1 Å². The first-order chi connectivity index (χ1) is 10.2. The summed E-state index contributed by atoms with van der Waals surface area (Å²) in [6.45, 7) is 10.1. The molecule has 0 bridgehead atoms. The highest BCUT2D eigenvalue weighted by Gasteiger charge is 2.15. The number of hydrogen-bond acceptors (Lipinski definition) is 3. The van der Waals surface area contributed by atoms with Crippen molar-refractivity contribution in [2.75, 3.05) is 26.4 Å². The maximum atomic E-state index is 5.62. The lowest BCUT2D eigenvalue weighted by Crippen LogP contribution is -2.23. The lowest BCUT2D eigenvalue weighted by Gasteiger charge is -2.18. The molecule has 0 fully saturated rings. The predicted octanol–water partition coefficient (Wildman–Crippen LogP) is 3.72. The van der Waals surface area contributed by atoms with Gasteiger partial charge in [0.25, 0.3) is 0 Å². The van der Waals surface area contributed by atoms with Crippen molar-refractivity contribution < 1.29 is 9.47 Å². The molecular formula is C18H29NO2. The van der Waals surface area contributed by atoms with Crippen LogP contribution in [0.15, 0.2) is 18.2 Å². The lowest BCUT2D eigenvalue weighted by molar-refractivity contribution is 0.107. The van der Waals surface area contributed by atoms with E-state index >= 15 is 0 Å². The number of nitrogens with one attached hydrogen (secondary N) is 1. The Morgan fingerprint density at radius 2 is 2.19 bits per heavy atom.